The van der Waals surface area contributed by atoms with E-state index in [2.05, 4.69) is 4.99 Å². The minimum atomic E-state index is -1.06. The number of rotatable bonds is 3. The van der Waals surface area contributed by atoms with Crippen LogP contribution in [-0.2, 0) is 38.8 Å². The fraction of sp³-hybridized carbons (Fsp3) is 0.409. The van der Waals surface area contributed by atoms with Crippen molar-refractivity contribution >= 4 is 35.3 Å². The maximum absolute atomic E-state index is 13.0. The number of likely N-dealkylation sites (N-methyl/N-ethyl adjacent to an activating group) is 1. The molecule has 1 aromatic carbocycles. The number of benzene rings is 1. The van der Waals surface area contributed by atoms with E-state index in [4.69, 9.17) is 14.2 Å². The van der Waals surface area contributed by atoms with Gasteiger partial charge in [0, 0.05) is 19.7 Å². The first-order valence-electron chi connectivity index (χ1n) is 9.94. The molecule has 0 saturated carbocycles. The molecule has 0 N–H and O–H groups in total. The monoisotopic (exact) mass is 441 g/mol. The molecule has 10 nitrogen and oxygen atoms in total. The number of nitrogens with zero attached hydrogens (tertiary/aromatic N) is 3. The molecule has 3 heterocycles. The summed E-state index contributed by atoms with van der Waals surface area (Å²) < 4.78 is 14.9. The molecular formula is C22H23N3O7. The van der Waals surface area contributed by atoms with Gasteiger partial charge in [-0.25, -0.2) is 19.4 Å². The summed E-state index contributed by atoms with van der Waals surface area (Å²) in [4.78, 5) is 58.7. The molecule has 1 spiro atoms. The van der Waals surface area contributed by atoms with E-state index in [-0.39, 0.29) is 23.5 Å². The number of hydrogen-bond donors (Lipinski definition) is 0. The summed E-state index contributed by atoms with van der Waals surface area (Å²) in [7, 11) is 5.41. The highest BCUT2D eigenvalue weighted by molar-refractivity contribution is 6.17. The largest absolute Gasteiger partial charge is 0.467 e. The summed E-state index contributed by atoms with van der Waals surface area (Å²) in [6.07, 6.45) is 0.124. The van der Waals surface area contributed by atoms with E-state index in [1.165, 1.54) is 33.2 Å². The molecule has 1 fully saturated rings. The van der Waals surface area contributed by atoms with Gasteiger partial charge in [-0.3, -0.25) is 9.69 Å². The average molecular weight is 441 g/mol. The summed E-state index contributed by atoms with van der Waals surface area (Å²) in [5.41, 5.74) is 0.264. The second-order valence-corrected chi connectivity index (χ2v) is 7.81. The van der Waals surface area contributed by atoms with Gasteiger partial charge in [0.25, 0.3) is 0 Å². The van der Waals surface area contributed by atoms with Crippen molar-refractivity contribution in [3.63, 3.8) is 0 Å². The van der Waals surface area contributed by atoms with Crippen LogP contribution in [0.25, 0.3) is 0 Å². The van der Waals surface area contributed by atoms with Gasteiger partial charge in [0.05, 0.1) is 38.4 Å². The smallest absolute Gasteiger partial charge is 0.357 e. The van der Waals surface area contributed by atoms with Gasteiger partial charge < -0.3 is 19.1 Å². The normalized spacial score (nSPS) is 25.5. The molecule has 0 aromatic heterocycles. The van der Waals surface area contributed by atoms with E-state index in [0.717, 1.165) is 11.3 Å². The van der Waals surface area contributed by atoms with Gasteiger partial charge in [-0.05, 0) is 18.1 Å². The molecule has 1 amide bonds. The summed E-state index contributed by atoms with van der Waals surface area (Å²) in [5.74, 6) is -2.44. The molecule has 32 heavy (non-hydrogen) atoms. The quantitative estimate of drug-likeness (QED) is 0.493. The van der Waals surface area contributed by atoms with Gasteiger partial charge in [0.15, 0.2) is 5.70 Å². The van der Waals surface area contributed by atoms with Crippen LogP contribution in [0.5, 0.6) is 0 Å². The fourth-order valence-corrected chi connectivity index (χ4v) is 5.24. The Morgan fingerprint density at radius 1 is 1.03 bits per heavy atom. The predicted molar refractivity (Wildman–Crippen MR) is 112 cm³/mol. The van der Waals surface area contributed by atoms with Crippen molar-refractivity contribution < 1.29 is 33.4 Å². The summed E-state index contributed by atoms with van der Waals surface area (Å²) in [5, 5.41) is 0. The van der Waals surface area contributed by atoms with E-state index in [9.17, 15) is 19.2 Å². The van der Waals surface area contributed by atoms with Crippen molar-refractivity contribution in [2.75, 3.05) is 33.3 Å². The molecule has 4 rings (SSSR count). The second-order valence-electron chi connectivity index (χ2n) is 7.81. The van der Waals surface area contributed by atoms with E-state index in [1.807, 2.05) is 29.2 Å². The lowest BCUT2D eigenvalue weighted by atomic mass is 9.69. The van der Waals surface area contributed by atoms with E-state index in [1.54, 1.807) is 7.05 Å². The zero-order valence-electron chi connectivity index (χ0n) is 18.4. The van der Waals surface area contributed by atoms with Crippen LogP contribution in [0.3, 0.4) is 0 Å². The number of fused-ring (bicyclic) bond motifs is 1. The molecule has 0 radical (unpaired) electrons. The first-order chi connectivity index (χ1) is 15.2. The van der Waals surface area contributed by atoms with Crippen LogP contribution in [0.2, 0.25) is 0 Å². The molecule has 3 aliphatic rings. The third-order valence-corrected chi connectivity index (χ3v) is 6.42. The van der Waals surface area contributed by atoms with Crippen molar-refractivity contribution in [3.8, 4) is 0 Å². The lowest BCUT2D eigenvalue weighted by Gasteiger charge is -2.39. The highest BCUT2D eigenvalue weighted by Crippen LogP contribution is 2.57. The number of ether oxygens (including phenoxy) is 3. The van der Waals surface area contributed by atoms with Crippen LogP contribution in [0.1, 0.15) is 18.9 Å². The lowest BCUT2D eigenvalue weighted by Crippen LogP contribution is -2.54. The average Bonchev–Trinajstić information content (AvgIpc) is 3.28. The van der Waals surface area contributed by atoms with Crippen LogP contribution < -0.4 is 4.90 Å². The number of aliphatic imine (C=N–C) groups is 1. The third kappa shape index (κ3) is 2.61. The predicted octanol–water partition coefficient (Wildman–Crippen LogP) is 0.549. The Bertz CT molecular complexity index is 1110. The van der Waals surface area contributed by atoms with Gasteiger partial charge in [0.2, 0.25) is 5.91 Å². The van der Waals surface area contributed by atoms with Gasteiger partial charge in [-0.2, -0.15) is 0 Å². The van der Waals surface area contributed by atoms with Crippen molar-refractivity contribution in [2.24, 2.45) is 4.99 Å². The maximum Gasteiger partial charge on any atom is 0.357 e. The lowest BCUT2D eigenvalue weighted by molar-refractivity contribution is -0.148. The summed E-state index contributed by atoms with van der Waals surface area (Å²) in [6, 6.07) is 5.69. The molecule has 0 bridgehead atoms. The van der Waals surface area contributed by atoms with Gasteiger partial charge in [0.1, 0.15) is 11.9 Å². The van der Waals surface area contributed by atoms with Crippen LogP contribution in [-0.4, -0.2) is 75.0 Å². The minimum absolute atomic E-state index is 0.0100. The number of methoxy groups -OCH3 is 3. The van der Waals surface area contributed by atoms with Crippen molar-refractivity contribution in [1.29, 1.82) is 0 Å². The Balaban J connectivity index is 2.10. The van der Waals surface area contributed by atoms with Crippen LogP contribution in [0.4, 0.5) is 5.69 Å². The molecule has 3 atom stereocenters. The number of para-hydroxylation sites is 1. The molecule has 1 aromatic rings. The number of esters is 3. The van der Waals surface area contributed by atoms with E-state index < -0.39 is 41.3 Å². The van der Waals surface area contributed by atoms with Gasteiger partial charge in [-0.1, -0.05) is 18.2 Å². The molecule has 1 saturated heterocycles. The van der Waals surface area contributed by atoms with Crippen molar-refractivity contribution in [1.82, 2.24) is 4.90 Å². The zero-order chi connectivity index (χ0) is 23.4. The summed E-state index contributed by atoms with van der Waals surface area (Å²) in [6.45, 7) is 1.31. The number of hydrogen-bond acceptors (Lipinski definition) is 9. The highest BCUT2D eigenvalue weighted by atomic mass is 16.5. The van der Waals surface area contributed by atoms with Crippen LogP contribution in [0, 0.1) is 0 Å². The molecule has 10 heteroatoms. The number of amides is 1. The molecule has 3 aliphatic heterocycles. The molecule has 168 valence electrons. The number of carbonyl (C=O) groups excluding carboxylic acids is 4. The zero-order valence-corrected chi connectivity index (χ0v) is 18.4. The number of anilines is 1. The van der Waals surface area contributed by atoms with Crippen molar-refractivity contribution in [3.05, 3.63) is 41.1 Å². The third-order valence-electron chi connectivity index (χ3n) is 6.42. The summed E-state index contributed by atoms with van der Waals surface area (Å²) >= 11 is 0. The topological polar surface area (TPSA) is 115 Å². The first kappa shape index (κ1) is 21.5. The Morgan fingerprint density at radius 3 is 2.28 bits per heavy atom. The highest BCUT2D eigenvalue weighted by Gasteiger charge is 2.67. The SMILES string of the molecule is COC(=O)C1=C(C(=O)OC)C2N(C)c3ccccc3[C@@]23CC(C(=O)OC)N(C(C)=O)C3=N1. The fourth-order valence-electron chi connectivity index (χ4n) is 5.24. The number of likely N-dealkylation sites (tertiary alicyclic amines) is 1. The molecular weight excluding hydrogens is 418 g/mol. The van der Waals surface area contributed by atoms with Crippen LogP contribution in [0.15, 0.2) is 40.5 Å². The second kappa shape index (κ2) is 7.47. The Kier molecular flexibility index (Phi) is 5.03. The van der Waals surface area contributed by atoms with E-state index >= 15 is 0 Å². The first-order valence-corrected chi connectivity index (χ1v) is 9.94. The minimum Gasteiger partial charge on any atom is -0.467 e. The van der Waals surface area contributed by atoms with Crippen LogP contribution >= 0.6 is 0 Å². The van der Waals surface area contributed by atoms with E-state index in [0.29, 0.717) is 0 Å². The standard InChI is InChI=1S/C22H23N3O7/c1-11(26)25-14(18(27)30-3)10-22-12-8-6-7-9-13(12)24(2)17(22)15(19(28)31-4)16(20(29)32-5)23-21(22)25/h6-9,14,17H,10H2,1-5H3/t14?,17?,22-/m0/s1. The molecule has 2 unspecified atom stereocenters. The number of carbonyl (C=O) groups is 4. The Morgan fingerprint density at radius 2 is 1.69 bits per heavy atom. The number of amidine groups is 1. The Labute approximate surface area is 184 Å². The molecule has 0 aliphatic carbocycles. The maximum atomic E-state index is 13.0. The van der Waals surface area contributed by atoms with Gasteiger partial charge in [-0.15, -0.1) is 0 Å². The van der Waals surface area contributed by atoms with Gasteiger partial charge >= 0.3 is 17.9 Å². The Hall–Kier alpha value is -3.69. The van der Waals surface area contributed by atoms with Crippen molar-refractivity contribution in [2.45, 2.75) is 30.8 Å².